The highest BCUT2D eigenvalue weighted by molar-refractivity contribution is 6.00. The van der Waals surface area contributed by atoms with Gasteiger partial charge in [0, 0.05) is 6.54 Å². The van der Waals surface area contributed by atoms with Gasteiger partial charge in [0.25, 0.3) is 0 Å². The maximum Gasteiger partial charge on any atom is 0.240 e. The van der Waals surface area contributed by atoms with Crippen LogP contribution in [0.15, 0.2) is 48.5 Å². The molecule has 1 aliphatic heterocycles. The number of benzene rings is 2. The highest BCUT2D eigenvalue weighted by Crippen LogP contribution is 2.30. The van der Waals surface area contributed by atoms with Crippen LogP contribution in [-0.4, -0.2) is 25.0 Å². The molecule has 0 unspecified atom stereocenters. The summed E-state index contributed by atoms with van der Waals surface area (Å²) in [7, 11) is 0. The zero-order valence-corrected chi connectivity index (χ0v) is 13.6. The molecule has 1 N–H and O–H groups in total. The van der Waals surface area contributed by atoms with E-state index in [0.29, 0.717) is 24.6 Å². The van der Waals surface area contributed by atoms with Crippen molar-refractivity contribution in [3.63, 3.8) is 0 Å². The summed E-state index contributed by atoms with van der Waals surface area (Å²) in [6.07, 6.45) is 0.264. The van der Waals surface area contributed by atoms with Gasteiger partial charge in [0.1, 0.15) is 12.3 Å². The Balaban J connectivity index is 1.69. The van der Waals surface area contributed by atoms with Crippen LogP contribution in [0.1, 0.15) is 17.5 Å². The first-order valence-electron chi connectivity index (χ1n) is 7.98. The van der Waals surface area contributed by atoms with E-state index in [-0.39, 0.29) is 24.8 Å². The fourth-order valence-corrected chi connectivity index (χ4v) is 2.69. The summed E-state index contributed by atoms with van der Waals surface area (Å²) in [5.74, 6) is 0.337. The second kappa shape index (κ2) is 7.17. The molecule has 2 amide bonds. The third-order valence-corrected chi connectivity index (χ3v) is 4.07. The summed E-state index contributed by atoms with van der Waals surface area (Å²) in [5, 5.41) is 2.89. The standard InChI is InChI=1S/C19H20N2O3/c1-14-6-2-3-7-15(14)12-20-18(22)13-21-16-8-4-5-9-17(16)24-11-10-19(21)23/h2-9H,10-13H2,1H3,(H,20,22). The highest BCUT2D eigenvalue weighted by atomic mass is 16.5. The molecular weight excluding hydrogens is 304 g/mol. The van der Waals surface area contributed by atoms with Gasteiger partial charge < -0.3 is 10.1 Å². The number of amides is 2. The third-order valence-electron chi connectivity index (χ3n) is 4.07. The molecule has 0 fully saturated rings. The Morgan fingerprint density at radius 1 is 1.17 bits per heavy atom. The van der Waals surface area contributed by atoms with Crippen LogP contribution >= 0.6 is 0 Å². The zero-order chi connectivity index (χ0) is 16.9. The minimum absolute atomic E-state index is 0.00884. The van der Waals surface area contributed by atoms with Gasteiger partial charge in [0.15, 0.2) is 0 Å². The molecule has 2 aromatic rings. The molecule has 0 saturated carbocycles. The molecular formula is C19H20N2O3. The number of rotatable bonds is 4. The van der Waals surface area contributed by atoms with E-state index < -0.39 is 0 Å². The van der Waals surface area contributed by atoms with Gasteiger partial charge in [0.05, 0.1) is 18.7 Å². The number of fused-ring (bicyclic) bond motifs is 1. The number of anilines is 1. The van der Waals surface area contributed by atoms with Crippen molar-refractivity contribution in [3.8, 4) is 5.75 Å². The summed E-state index contributed by atoms with van der Waals surface area (Å²) < 4.78 is 5.58. The molecule has 3 rings (SSSR count). The van der Waals surface area contributed by atoms with Gasteiger partial charge in [0.2, 0.25) is 11.8 Å². The largest absolute Gasteiger partial charge is 0.491 e. The quantitative estimate of drug-likeness (QED) is 0.940. The molecule has 2 aromatic carbocycles. The number of hydrogen-bond acceptors (Lipinski definition) is 3. The lowest BCUT2D eigenvalue weighted by Gasteiger charge is -2.21. The lowest BCUT2D eigenvalue weighted by atomic mass is 10.1. The number of aryl methyl sites for hydroxylation is 1. The monoisotopic (exact) mass is 324 g/mol. The normalized spacial score (nSPS) is 13.7. The molecule has 0 radical (unpaired) electrons. The first-order chi connectivity index (χ1) is 11.6. The van der Waals surface area contributed by atoms with Gasteiger partial charge in [-0.1, -0.05) is 36.4 Å². The van der Waals surface area contributed by atoms with Gasteiger partial charge in [-0.3, -0.25) is 14.5 Å². The van der Waals surface area contributed by atoms with E-state index in [1.54, 1.807) is 6.07 Å². The predicted octanol–water partition coefficient (Wildman–Crippen LogP) is 2.43. The van der Waals surface area contributed by atoms with Crippen molar-refractivity contribution in [1.82, 2.24) is 5.32 Å². The van der Waals surface area contributed by atoms with Crippen molar-refractivity contribution in [2.24, 2.45) is 0 Å². The first kappa shape index (κ1) is 16.1. The van der Waals surface area contributed by atoms with E-state index in [4.69, 9.17) is 4.74 Å². The smallest absolute Gasteiger partial charge is 0.240 e. The van der Waals surface area contributed by atoms with Crippen LogP contribution in [0.5, 0.6) is 5.75 Å². The maximum atomic E-state index is 12.3. The molecule has 0 atom stereocenters. The molecule has 5 nitrogen and oxygen atoms in total. The fraction of sp³-hybridized carbons (Fsp3) is 0.263. The summed E-state index contributed by atoms with van der Waals surface area (Å²) >= 11 is 0. The van der Waals surface area contributed by atoms with Crippen LogP contribution < -0.4 is 15.0 Å². The van der Waals surface area contributed by atoms with E-state index in [1.165, 1.54) is 4.90 Å². The zero-order valence-electron chi connectivity index (χ0n) is 13.6. The van der Waals surface area contributed by atoms with Crippen LogP contribution in [0.2, 0.25) is 0 Å². The van der Waals surface area contributed by atoms with Crippen LogP contribution in [0.4, 0.5) is 5.69 Å². The Morgan fingerprint density at radius 3 is 2.75 bits per heavy atom. The third kappa shape index (κ3) is 3.56. The fourth-order valence-electron chi connectivity index (χ4n) is 2.69. The molecule has 124 valence electrons. The number of ether oxygens (including phenoxy) is 1. The number of carbonyl (C=O) groups is 2. The summed E-state index contributed by atoms with van der Waals surface area (Å²) in [5.41, 5.74) is 2.84. The summed E-state index contributed by atoms with van der Waals surface area (Å²) in [4.78, 5) is 26.1. The average Bonchev–Trinajstić information content (AvgIpc) is 2.74. The second-order valence-corrected chi connectivity index (χ2v) is 5.75. The van der Waals surface area contributed by atoms with Crippen molar-refractivity contribution in [2.75, 3.05) is 18.1 Å². The molecule has 0 saturated heterocycles. The van der Waals surface area contributed by atoms with Crippen LogP contribution in [-0.2, 0) is 16.1 Å². The number of nitrogens with one attached hydrogen (secondary N) is 1. The van der Waals surface area contributed by atoms with Gasteiger partial charge in [-0.25, -0.2) is 0 Å². The molecule has 1 aliphatic rings. The molecule has 1 heterocycles. The average molecular weight is 324 g/mol. The van der Waals surface area contributed by atoms with Crippen molar-refractivity contribution in [1.29, 1.82) is 0 Å². The number of carbonyl (C=O) groups excluding carboxylic acids is 2. The Bertz CT molecular complexity index is 758. The minimum Gasteiger partial charge on any atom is -0.491 e. The molecule has 5 heteroatoms. The van der Waals surface area contributed by atoms with Gasteiger partial charge in [-0.05, 0) is 30.2 Å². The topological polar surface area (TPSA) is 58.6 Å². The number of nitrogens with zero attached hydrogens (tertiary/aromatic N) is 1. The Hall–Kier alpha value is -2.82. The van der Waals surface area contributed by atoms with E-state index in [2.05, 4.69) is 5.32 Å². The lowest BCUT2D eigenvalue weighted by Crippen LogP contribution is -2.40. The van der Waals surface area contributed by atoms with E-state index in [9.17, 15) is 9.59 Å². The van der Waals surface area contributed by atoms with Gasteiger partial charge in [-0.2, -0.15) is 0 Å². The van der Waals surface area contributed by atoms with Crippen LogP contribution in [0.25, 0.3) is 0 Å². The Morgan fingerprint density at radius 2 is 1.92 bits per heavy atom. The van der Waals surface area contributed by atoms with Gasteiger partial charge in [-0.15, -0.1) is 0 Å². The molecule has 0 aliphatic carbocycles. The van der Waals surface area contributed by atoms with Crippen LogP contribution in [0, 0.1) is 6.92 Å². The number of para-hydroxylation sites is 2. The van der Waals surface area contributed by atoms with Crippen molar-refractivity contribution in [3.05, 3.63) is 59.7 Å². The molecule has 0 aromatic heterocycles. The summed E-state index contributed by atoms with van der Waals surface area (Å²) in [6.45, 7) is 2.78. The SMILES string of the molecule is Cc1ccccc1CNC(=O)CN1C(=O)CCOc2ccccc21. The molecule has 0 bridgehead atoms. The van der Waals surface area contributed by atoms with Gasteiger partial charge >= 0.3 is 0 Å². The summed E-state index contributed by atoms with van der Waals surface area (Å²) in [6, 6.07) is 15.2. The second-order valence-electron chi connectivity index (χ2n) is 5.75. The molecule has 0 spiro atoms. The lowest BCUT2D eigenvalue weighted by molar-refractivity contribution is -0.124. The Kier molecular flexibility index (Phi) is 4.79. The number of hydrogen-bond donors (Lipinski definition) is 1. The first-order valence-corrected chi connectivity index (χ1v) is 7.98. The Labute approximate surface area is 141 Å². The van der Waals surface area contributed by atoms with E-state index >= 15 is 0 Å². The van der Waals surface area contributed by atoms with E-state index in [1.807, 2.05) is 49.4 Å². The van der Waals surface area contributed by atoms with Crippen LogP contribution in [0.3, 0.4) is 0 Å². The highest BCUT2D eigenvalue weighted by Gasteiger charge is 2.24. The predicted molar refractivity (Wildman–Crippen MR) is 91.9 cm³/mol. The maximum absolute atomic E-state index is 12.3. The molecule has 24 heavy (non-hydrogen) atoms. The van der Waals surface area contributed by atoms with Crippen molar-refractivity contribution >= 4 is 17.5 Å². The minimum atomic E-state index is -0.191. The van der Waals surface area contributed by atoms with Crippen molar-refractivity contribution in [2.45, 2.75) is 19.9 Å². The van der Waals surface area contributed by atoms with E-state index in [0.717, 1.165) is 11.1 Å². The van der Waals surface area contributed by atoms with Crippen molar-refractivity contribution < 1.29 is 14.3 Å².